The fourth-order valence-electron chi connectivity index (χ4n) is 6.91. The van der Waals surface area contributed by atoms with E-state index in [-0.39, 0.29) is 17.6 Å². The third kappa shape index (κ3) is 5.82. The zero-order chi connectivity index (χ0) is 30.4. The average molecular weight is 585 g/mol. The highest BCUT2D eigenvalue weighted by Crippen LogP contribution is 2.44. The number of nitrogens with one attached hydrogen (secondary N) is 1. The standard InChI is InChI=1S/C34H44N6O3/c1-5-9-10-16-29-28(32(41)40-30(17-13-22-39(29)40)34(6-2,7-3)33(42)43-8-4)23-24-18-20-25(21-19-24)26-14-11-12-15-27(26)31-35-37-38-36-31/h11-12,14-15,18-21,30H,5-10,13,16-17,22-23H2,1-4H3,(H,35,36,37,38). The third-order valence-corrected chi connectivity index (χ3v) is 9.29. The Bertz CT molecular complexity index is 1560. The quantitative estimate of drug-likeness (QED) is 0.142. The predicted octanol–water partition coefficient (Wildman–Crippen LogP) is 6.52. The van der Waals surface area contributed by atoms with Crippen LogP contribution in [0.2, 0.25) is 0 Å². The molecule has 9 nitrogen and oxygen atoms in total. The summed E-state index contributed by atoms with van der Waals surface area (Å²) in [6, 6.07) is 16.2. The first kappa shape index (κ1) is 30.4. The van der Waals surface area contributed by atoms with Crippen LogP contribution in [-0.2, 0) is 28.9 Å². The first-order valence-electron chi connectivity index (χ1n) is 15.9. The van der Waals surface area contributed by atoms with E-state index in [1.165, 1.54) is 0 Å². The molecule has 0 radical (unpaired) electrons. The first-order chi connectivity index (χ1) is 21.0. The van der Waals surface area contributed by atoms with Crippen molar-refractivity contribution < 1.29 is 9.53 Å². The molecule has 2 aromatic carbocycles. The van der Waals surface area contributed by atoms with Crippen molar-refractivity contribution in [1.82, 2.24) is 30.0 Å². The minimum absolute atomic E-state index is 0.0401. The van der Waals surface area contributed by atoms with Crippen LogP contribution >= 0.6 is 0 Å². The lowest BCUT2D eigenvalue weighted by atomic mass is 9.73. The van der Waals surface area contributed by atoms with Gasteiger partial charge in [0.2, 0.25) is 5.82 Å². The number of aromatic nitrogens is 6. The average Bonchev–Trinajstić information content (AvgIpc) is 3.67. The van der Waals surface area contributed by atoms with Gasteiger partial charge in [0.15, 0.2) is 0 Å². The van der Waals surface area contributed by atoms with E-state index in [0.29, 0.717) is 31.7 Å². The summed E-state index contributed by atoms with van der Waals surface area (Å²) < 4.78 is 9.78. The summed E-state index contributed by atoms with van der Waals surface area (Å²) in [7, 11) is 0. The zero-order valence-electron chi connectivity index (χ0n) is 25.9. The topological polar surface area (TPSA) is 108 Å². The van der Waals surface area contributed by atoms with Crippen molar-refractivity contribution in [3.63, 3.8) is 0 Å². The van der Waals surface area contributed by atoms with Crippen LogP contribution in [0.5, 0.6) is 0 Å². The molecule has 0 saturated carbocycles. The number of tetrazole rings is 1. The predicted molar refractivity (Wildman–Crippen MR) is 168 cm³/mol. The van der Waals surface area contributed by atoms with Crippen LogP contribution in [0.1, 0.15) is 95.5 Å². The van der Waals surface area contributed by atoms with Crippen LogP contribution in [-0.4, -0.2) is 42.6 Å². The molecule has 1 aliphatic heterocycles. The van der Waals surface area contributed by atoms with E-state index in [9.17, 15) is 9.59 Å². The second kappa shape index (κ2) is 13.5. The van der Waals surface area contributed by atoms with Crippen LogP contribution in [0, 0.1) is 5.41 Å². The van der Waals surface area contributed by atoms with Crippen molar-refractivity contribution in [2.75, 3.05) is 6.61 Å². The smallest absolute Gasteiger partial charge is 0.314 e. The molecule has 1 atom stereocenters. The Morgan fingerprint density at radius 2 is 1.77 bits per heavy atom. The number of benzene rings is 2. The zero-order valence-corrected chi connectivity index (χ0v) is 25.9. The van der Waals surface area contributed by atoms with Crippen molar-refractivity contribution in [3.05, 3.63) is 75.7 Å². The molecule has 0 amide bonds. The molecule has 0 aliphatic carbocycles. The molecule has 1 unspecified atom stereocenters. The molecular weight excluding hydrogens is 540 g/mol. The number of hydrogen-bond acceptors (Lipinski definition) is 6. The van der Waals surface area contributed by atoms with Crippen molar-refractivity contribution in [3.8, 4) is 22.5 Å². The van der Waals surface area contributed by atoms with Crippen LogP contribution in [0.15, 0.2) is 53.3 Å². The molecule has 9 heteroatoms. The molecule has 0 spiro atoms. The van der Waals surface area contributed by atoms with E-state index in [1.807, 2.05) is 29.8 Å². The first-order valence-corrected chi connectivity index (χ1v) is 15.9. The number of carbonyl (C=O) groups is 1. The van der Waals surface area contributed by atoms with E-state index < -0.39 is 5.41 Å². The Morgan fingerprint density at radius 3 is 2.42 bits per heavy atom. The maximum absolute atomic E-state index is 14.4. The molecule has 43 heavy (non-hydrogen) atoms. The fraction of sp³-hybridized carbons (Fsp3) is 0.500. The lowest BCUT2D eigenvalue weighted by Crippen LogP contribution is -2.47. The molecule has 228 valence electrons. The van der Waals surface area contributed by atoms with Gasteiger partial charge >= 0.3 is 5.97 Å². The van der Waals surface area contributed by atoms with Crippen LogP contribution in [0.3, 0.4) is 0 Å². The van der Waals surface area contributed by atoms with Gasteiger partial charge in [0.05, 0.1) is 18.1 Å². The van der Waals surface area contributed by atoms with E-state index >= 15 is 0 Å². The number of ether oxygens (including phenoxy) is 1. The van der Waals surface area contributed by atoms with Gasteiger partial charge in [-0.1, -0.05) is 82.1 Å². The summed E-state index contributed by atoms with van der Waals surface area (Å²) in [5.41, 5.74) is 5.35. The normalized spacial score (nSPS) is 14.9. The summed E-state index contributed by atoms with van der Waals surface area (Å²) in [6.45, 7) is 9.29. The molecule has 3 heterocycles. The van der Waals surface area contributed by atoms with Crippen molar-refractivity contribution in [1.29, 1.82) is 0 Å². The molecule has 1 N–H and O–H groups in total. The number of nitrogens with zero attached hydrogens (tertiary/aromatic N) is 5. The third-order valence-electron chi connectivity index (χ3n) is 9.29. The van der Waals surface area contributed by atoms with Crippen molar-refractivity contribution in [2.24, 2.45) is 5.41 Å². The Kier molecular flexibility index (Phi) is 9.58. The number of carbonyl (C=O) groups excluding carboxylic acids is 1. The Hall–Kier alpha value is -4.01. The molecule has 0 fully saturated rings. The van der Waals surface area contributed by atoms with Gasteiger partial charge in [0, 0.05) is 29.8 Å². The minimum Gasteiger partial charge on any atom is -0.466 e. The summed E-state index contributed by atoms with van der Waals surface area (Å²) >= 11 is 0. The van der Waals surface area contributed by atoms with Gasteiger partial charge in [0.25, 0.3) is 5.56 Å². The monoisotopic (exact) mass is 584 g/mol. The molecule has 5 rings (SSSR count). The Balaban J connectivity index is 1.53. The maximum atomic E-state index is 14.4. The number of esters is 1. The van der Waals surface area contributed by atoms with E-state index in [2.05, 4.69) is 76.4 Å². The molecule has 1 aliphatic rings. The van der Waals surface area contributed by atoms with Gasteiger partial charge in [-0.3, -0.25) is 14.3 Å². The van der Waals surface area contributed by atoms with Crippen molar-refractivity contribution >= 4 is 5.97 Å². The lowest BCUT2D eigenvalue weighted by Gasteiger charge is -2.41. The number of fused-ring (bicyclic) bond motifs is 1. The van der Waals surface area contributed by atoms with Gasteiger partial charge in [-0.05, 0) is 67.4 Å². The highest BCUT2D eigenvalue weighted by Gasteiger charge is 2.48. The number of unbranched alkanes of at least 4 members (excludes halogenated alkanes) is 2. The molecular formula is C34H44N6O3. The lowest BCUT2D eigenvalue weighted by molar-refractivity contribution is -0.160. The van der Waals surface area contributed by atoms with Gasteiger partial charge in [-0.15, -0.1) is 10.2 Å². The number of H-pyrrole nitrogens is 1. The van der Waals surface area contributed by atoms with Gasteiger partial charge in [0.1, 0.15) is 0 Å². The fourth-order valence-corrected chi connectivity index (χ4v) is 6.91. The number of aromatic amines is 1. The summed E-state index contributed by atoms with van der Waals surface area (Å²) in [4.78, 5) is 27.8. The number of hydrogen-bond donors (Lipinski definition) is 1. The van der Waals surface area contributed by atoms with Gasteiger partial charge in [-0.2, -0.15) is 5.21 Å². The van der Waals surface area contributed by atoms with Gasteiger partial charge < -0.3 is 4.74 Å². The Labute approximate surface area is 253 Å². The molecule has 2 aromatic heterocycles. The highest BCUT2D eigenvalue weighted by atomic mass is 16.5. The van der Waals surface area contributed by atoms with E-state index in [4.69, 9.17) is 4.74 Å². The second-order valence-electron chi connectivity index (χ2n) is 11.6. The van der Waals surface area contributed by atoms with Crippen LogP contribution in [0.4, 0.5) is 0 Å². The summed E-state index contributed by atoms with van der Waals surface area (Å²) in [6.07, 6.45) is 7.70. The number of rotatable bonds is 13. The molecule has 0 saturated heterocycles. The highest BCUT2D eigenvalue weighted by molar-refractivity contribution is 5.80. The van der Waals surface area contributed by atoms with Crippen LogP contribution in [0.25, 0.3) is 22.5 Å². The van der Waals surface area contributed by atoms with E-state index in [1.54, 1.807) is 0 Å². The second-order valence-corrected chi connectivity index (χ2v) is 11.6. The minimum atomic E-state index is -0.720. The Morgan fingerprint density at radius 1 is 1.02 bits per heavy atom. The van der Waals surface area contributed by atoms with Gasteiger partial charge in [-0.25, -0.2) is 4.68 Å². The molecule has 4 aromatic rings. The maximum Gasteiger partial charge on any atom is 0.314 e. The largest absolute Gasteiger partial charge is 0.466 e. The van der Waals surface area contributed by atoms with Crippen molar-refractivity contribution in [2.45, 2.75) is 98.1 Å². The SMILES string of the molecule is CCCCCc1c(Cc2ccc(-c3ccccc3-c3nn[nH]n3)cc2)c(=O)n2n1CCCC2C(CC)(CC)C(=O)OCC. The summed E-state index contributed by atoms with van der Waals surface area (Å²) in [5, 5.41) is 14.6. The summed E-state index contributed by atoms with van der Waals surface area (Å²) in [5.74, 6) is 0.369. The van der Waals surface area contributed by atoms with Crippen LogP contribution < -0.4 is 5.56 Å². The molecule has 0 bridgehead atoms. The van der Waals surface area contributed by atoms with E-state index in [0.717, 1.165) is 78.6 Å².